The third-order valence-electron chi connectivity index (χ3n) is 4.10. The van der Waals surface area contributed by atoms with E-state index in [0.717, 1.165) is 22.0 Å². The highest BCUT2D eigenvalue weighted by molar-refractivity contribution is 6.30. The van der Waals surface area contributed by atoms with E-state index in [4.69, 9.17) is 11.6 Å². The van der Waals surface area contributed by atoms with E-state index in [9.17, 15) is 9.18 Å². The molecule has 0 spiro atoms. The Kier molecular flexibility index (Phi) is 4.86. The Morgan fingerprint density at radius 1 is 1.29 bits per heavy atom. The van der Waals surface area contributed by atoms with Crippen LogP contribution < -0.4 is 5.32 Å². The number of halogens is 2. The highest BCUT2D eigenvalue weighted by atomic mass is 35.5. The number of benzene rings is 2. The van der Waals surface area contributed by atoms with Crippen molar-refractivity contribution in [3.8, 4) is 0 Å². The summed E-state index contributed by atoms with van der Waals surface area (Å²) in [7, 11) is 0. The second kappa shape index (κ2) is 7.05. The van der Waals surface area contributed by atoms with Gasteiger partial charge in [-0.25, -0.2) is 4.39 Å². The topological polar surface area (TPSA) is 44.9 Å². The minimum atomic E-state index is -0.459. The Hall–Kier alpha value is -2.33. The minimum absolute atomic E-state index is 0.0410. The van der Waals surface area contributed by atoms with Crippen LogP contribution >= 0.6 is 11.6 Å². The lowest BCUT2D eigenvalue weighted by Crippen LogP contribution is -2.29. The summed E-state index contributed by atoms with van der Waals surface area (Å²) in [6.07, 6.45) is 2.61. The van der Waals surface area contributed by atoms with E-state index in [-0.39, 0.29) is 16.8 Å². The van der Waals surface area contributed by atoms with Crippen LogP contribution in [0, 0.1) is 11.7 Å². The molecule has 2 N–H and O–H groups in total. The van der Waals surface area contributed by atoms with E-state index in [0.29, 0.717) is 13.0 Å². The van der Waals surface area contributed by atoms with Crippen molar-refractivity contribution in [3.05, 3.63) is 70.6 Å². The van der Waals surface area contributed by atoms with Crippen LogP contribution in [-0.2, 0) is 17.8 Å². The number of rotatable bonds is 5. The van der Waals surface area contributed by atoms with Crippen LogP contribution in [0.5, 0.6) is 0 Å². The molecule has 1 heterocycles. The summed E-state index contributed by atoms with van der Waals surface area (Å²) in [5.74, 6) is -0.666. The van der Waals surface area contributed by atoms with Gasteiger partial charge in [0.1, 0.15) is 5.82 Å². The molecule has 0 saturated heterocycles. The van der Waals surface area contributed by atoms with E-state index >= 15 is 0 Å². The highest BCUT2D eigenvalue weighted by Gasteiger charge is 2.15. The van der Waals surface area contributed by atoms with Crippen LogP contribution in [0.4, 0.5) is 4.39 Å². The fraction of sp³-hybridized carbons (Fsp3) is 0.211. The van der Waals surface area contributed by atoms with Gasteiger partial charge in [-0.05, 0) is 35.7 Å². The predicted molar refractivity (Wildman–Crippen MR) is 94.4 cm³/mol. The fourth-order valence-corrected chi connectivity index (χ4v) is 2.94. The average molecular weight is 345 g/mol. The molecule has 1 unspecified atom stereocenters. The van der Waals surface area contributed by atoms with Crippen molar-refractivity contribution in [3.63, 3.8) is 0 Å². The number of fused-ring (bicyclic) bond motifs is 1. The molecule has 3 rings (SSSR count). The zero-order valence-corrected chi connectivity index (χ0v) is 14.0. The number of H-pyrrole nitrogens is 1. The molecular weight excluding hydrogens is 327 g/mol. The number of aromatic amines is 1. The Morgan fingerprint density at radius 3 is 2.88 bits per heavy atom. The third-order valence-corrected chi connectivity index (χ3v) is 4.39. The lowest BCUT2D eigenvalue weighted by atomic mass is 10.00. The standard InChI is InChI=1S/C19H18ClFN2O/c1-12(8-14-11-22-18-5-3-2-4-15(14)18)19(24)23-10-13-6-7-17(21)16(20)9-13/h2-7,9,11-12,22H,8,10H2,1H3,(H,23,24). The Morgan fingerprint density at radius 2 is 2.08 bits per heavy atom. The molecular formula is C19H18ClFN2O. The molecule has 124 valence electrons. The molecule has 0 fully saturated rings. The maximum Gasteiger partial charge on any atom is 0.223 e. The van der Waals surface area contributed by atoms with E-state index in [1.807, 2.05) is 37.4 Å². The fourth-order valence-electron chi connectivity index (χ4n) is 2.74. The monoisotopic (exact) mass is 344 g/mol. The van der Waals surface area contributed by atoms with Gasteiger partial charge in [0.25, 0.3) is 0 Å². The smallest absolute Gasteiger partial charge is 0.223 e. The first-order valence-electron chi connectivity index (χ1n) is 7.81. The van der Waals surface area contributed by atoms with Crippen LogP contribution in [0.1, 0.15) is 18.1 Å². The number of para-hydroxylation sites is 1. The number of hydrogen-bond donors (Lipinski definition) is 2. The molecule has 0 radical (unpaired) electrons. The molecule has 0 aliphatic carbocycles. The van der Waals surface area contributed by atoms with Crippen molar-refractivity contribution in [2.75, 3.05) is 0 Å². The predicted octanol–water partition coefficient (Wildman–Crippen LogP) is 4.46. The van der Waals surface area contributed by atoms with Crippen molar-refractivity contribution in [2.24, 2.45) is 5.92 Å². The number of carbonyl (C=O) groups is 1. The summed E-state index contributed by atoms with van der Waals surface area (Å²) < 4.78 is 13.1. The van der Waals surface area contributed by atoms with Crippen LogP contribution in [0.25, 0.3) is 10.9 Å². The van der Waals surface area contributed by atoms with Crippen molar-refractivity contribution in [1.82, 2.24) is 10.3 Å². The van der Waals surface area contributed by atoms with Crippen LogP contribution in [0.3, 0.4) is 0 Å². The minimum Gasteiger partial charge on any atom is -0.361 e. The molecule has 5 heteroatoms. The quantitative estimate of drug-likeness (QED) is 0.705. The van der Waals surface area contributed by atoms with Gasteiger partial charge >= 0.3 is 0 Å². The van der Waals surface area contributed by atoms with Crippen molar-refractivity contribution in [1.29, 1.82) is 0 Å². The Bertz CT molecular complexity index is 875. The normalized spacial score (nSPS) is 12.3. The van der Waals surface area contributed by atoms with Crippen LogP contribution in [0.15, 0.2) is 48.7 Å². The molecule has 2 aromatic carbocycles. The first kappa shape index (κ1) is 16.5. The molecule has 0 bridgehead atoms. The van der Waals surface area contributed by atoms with Gasteiger partial charge in [0.15, 0.2) is 0 Å². The molecule has 1 aromatic heterocycles. The summed E-state index contributed by atoms with van der Waals surface area (Å²) in [6, 6.07) is 12.5. The summed E-state index contributed by atoms with van der Waals surface area (Å²) in [6.45, 7) is 2.23. The summed E-state index contributed by atoms with van der Waals surface area (Å²) in [5.41, 5.74) is 2.97. The third kappa shape index (κ3) is 3.60. The molecule has 24 heavy (non-hydrogen) atoms. The molecule has 1 amide bonds. The summed E-state index contributed by atoms with van der Waals surface area (Å²) in [4.78, 5) is 15.5. The number of carbonyl (C=O) groups excluding carboxylic acids is 1. The maximum absolute atomic E-state index is 13.1. The zero-order chi connectivity index (χ0) is 17.1. The molecule has 3 nitrogen and oxygen atoms in total. The molecule has 0 aliphatic rings. The highest BCUT2D eigenvalue weighted by Crippen LogP contribution is 2.21. The SMILES string of the molecule is CC(Cc1c[nH]c2ccccc12)C(=O)NCc1ccc(F)c(Cl)c1. The van der Waals surface area contributed by atoms with E-state index in [1.54, 1.807) is 6.07 Å². The maximum atomic E-state index is 13.1. The molecule has 0 aliphatic heterocycles. The number of nitrogens with one attached hydrogen (secondary N) is 2. The number of aromatic nitrogens is 1. The van der Waals surface area contributed by atoms with E-state index in [1.165, 1.54) is 12.1 Å². The molecule has 0 saturated carbocycles. The van der Waals surface area contributed by atoms with E-state index < -0.39 is 5.82 Å². The lowest BCUT2D eigenvalue weighted by Gasteiger charge is -2.12. The number of hydrogen-bond acceptors (Lipinski definition) is 1. The Balaban J connectivity index is 1.61. The first-order chi connectivity index (χ1) is 11.5. The lowest BCUT2D eigenvalue weighted by molar-refractivity contribution is -0.124. The van der Waals surface area contributed by atoms with Crippen molar-refractivity contribution in [2.45, 2.75) is 19.9 Å². The summed E-state index contributed by atoms with van der Waals surface area (Å²) in [5, 5.41) is 4.08. The largest absolute Gasteiger partial charge is 0.361 e. The van der Waals surface area contributed by atoms with Crippen LogP contribution in [0.2, 0.25) is 5.02 Å². The Labute approximate surface area is 144 Å². The second-order valence-electron chi connectivity index (χ2n) is 5.93. The van der Waals surface area contributed by atoms with Gasteiger partial charge in [0, 0.05) is 29.6 Å². The number of amides is 1. The van der Waals surface area contributed by atoms with Gasteiger partial charge in [-0.1, -0.05) is 42.8 Å². The van der Waals surface area contributed by atoms with Crippen LogP contribution in [-0.4, -0.2) is 10.9 Å². The van der Waals surface area contributed by atoms with Gasteiger partial charge in [-0.3, -0.25) is 4.79 Å². The van der Waals surface area contributed by atoms with Gasteiger partial charge in [0.2, 0.25) is 5.91 Å². The van der Waals surface area contributed by atoms with Gasteiger partial charge in [-0.2, -0.15) is 0 Å². The first-order valence-corrected chi connectivity index (χ1v) is 8.19. The van der Waals surface area contributed by atoms with Gasteiger partial charge < -0.3 is 10.3 Å². The molecule has 1 atom stereocenters. The van der Waals surface area contributed by atoms with Gasteiger partial charge in [-0.15, -0.1) is 0 Å². The average Bonchev–Trinajstić information content (AvgIpc) is 2.99. The van der Waals surface area contributed by atoms with E-state index in [2.05, 4.69) is 10.3 Å². The molecule has 3 aromatic rings. The zero-order valence-electron chi connectivity index (χ0n) is 13.3. The van der Waals surface area contributed by atoms with Gasteiger partial charge in [0.05, 0.1) is 5.02 Å². The van der Waals surface area contributed by atoms with Crippen molar-refractivity contribution < 1.29 is 9.18 Å². The second-order valence-corrected chi connectivity index (χ2v) is 6.34. The van der Waals surface area contributed by atoms with Crippen molar-refractivity contribution >= 4 is 28.4 Å². The summed E-state index contributed by atoms with van der Waals surface area (Å²) >= 11 is 5.75.